The third kappa shape index (κ3) is 3.48. The van der Waals surface area contributed by atoms with Gasteiger partial charge in [0.2, 0.25) is 0 Å². The van der Waals surface area contributed by atoms with Crippen LogP contribution in [0.4, 0.5) is 0 Å². The van der Waals surface area contributed by atoms with E-state index in [4.69, 9.17) is 7.10 Å². The van der Waals surface area contributed by atoms with Crippen LogP contribution in [-0.2, 0) is 11.2 Å². The third-order valence-electron chi connectivity index (χ3n) is 2.29. The number of carbonyl (C=O) groups excluding carboxylic acids is 1. The van der Waals surface area contributed by atoms with Gasteiger partial charge in [-0.25, -0.2) is 0 Å². The lowest BCUT2D eigenvalue weighted by molar-refractivity contribution is -0.127. The van der Waals surface area contributed by atoms with Crippen molar-refractivity contribution in [1.29, 1.82) is 0 Å². The Morgan fingerprint density at radius 1 is 1.47 bits per heavy atom. The first kappa shape index (κ1) is 10.4. The van der Waals surface area contributed by atoms with E-state index in [1.165, 1.54) is 0 Å². The standard InChI is InChI=1S/C13H19NO/c1-13(2,3)12(15)11(14)9-10-7-5-4-6-8-10/h4-8,11H,9,14H2,1-3H3/t11-/m0/s1/i7D. The Labute approximate surface area is 92.9 Å². The summed E-state index contributed by atoms with van der Waals surface area (Å²) < 4.78 is 7.69. The molecule has 0 aliphatic carbocycles. The predicted molar refractivity (Wildman–Crippen MR) is 62.6 cm³/mol. The first-order valence-corrected chi connectivity index (χ1v) is 5.17. The van der Waals surface area contributed by atoms with E-state index >= 15 is 0 Å². The summed E-state index contributed by atoms with van der Waals surface area (Å²) in [6, 6.07) is 7.15. The van der Waals surface area contributed by atoms with Crippen molar-refractivity contribution in [2.75, 3.05) is 0 Å². The zero-order valence-corrected chi connectivity index (χ0v) is 9.58. The van der Waals surface area contributed by atoms with Crippen molar-refractivity contribution in [2.24, 2.45) is 11.1 Å². The van der Waals surface area contributed by atoms with E-state index in [1.54, 1.807) is 6.07 Å². The number of nitrogens with two attached hydrogens (primary N) is 1. The lowest BCUT2D eigenvalue weighted by Gasteiger charge is -2.21. The van der Waals surface area contributed by atoms with Crippen molar-refractivity contribution in [1.82, 2.24) is 0 Å². The number of carbonyl (C=O) groups is 1. The zero-order valence-electron chi connectivity index (χ0n) is 10.6. The topological polar surface area (TPSA) is 43.1 Å². The zero-order chi connectivity index (χ0) is 12.3. The highest BCUT2D eigenvalue weighted by Crippen LogP contribution is 2.17. The van der Waals surface area contributed by atoms with Crippen LogP contribution in [0, 0.1) is 5.41 Å². The summed E-state index contributed by atoms with van der Waals surface area (Å²) in [4.78, 5) is 11.9. The highest BCUT2D eigenvalue weighted by molar-refractivity contribution is 5.88. The summed E-state index contributed by atoms with van der Waals surface area (Å²) >= 11 is 0. The van der Waals surface area contributed by atoms with Crippen LogP contribution in [0.2, 0.25) is 0 Å². The average molecular weight is 206 g/mol. The molecule has 0 saturated carbocycles. The van der Waals surface area contributed by atoms with Crippen LogP contribution in [0.1, 0.15) is 27.7 Å². The fourth-order valence-electron chi connectivity index (χ4n) is 1.44. The van der Waals surface area contributed by atoms with E-state index < -0.39 is 11.5 Å². The summed E-state index contributed by atoms with van der Waals surface area (Å²) in [6.45, 7) is 5.59. The molecular formula is C13H19NO. The highest BCUT2D eigenvalue weighted by Gasteiger charge is 2.26. The van der Waals surface area contributed by atoms with Gasteiger partial charge < -0.3 is 5.73 Å². The van der Waals surface area contributed by atoms with Crippen LogP contribution in [0.3, 0.4) is 0 Å². The van der Waals surface area contributed by atoms with E-state index in [1.807, 2.05) is 39.0 Å². The molecule has 15 heavy (non-hydrogen) atoms. The van der Waals surface area contributed by atoms with Crippen LogP contribution in [0.25, 0.3) is 0 Å². The molecule has 0 radical (unpaired) electrons. The number of hydrogen-bond acceptors (Lipinski definition) is 2. The van der Waals surface area contributed by atoms with Gasteiger partial charge in [-0.3, -0.25) is 4.79 Å². The van der Waals surface area contributed by atoms with Crippen LogP contribution < -0.4 is 5.73 Å². The summed E-state index contributed by atoms with van der Waals surface area (Å²) in [5.41, 5.74) is 6.28. The molecule has 2 N–H and O–H groups in total. The largest absolute Gasteiger partial charge is 0.321 e. The van der Waals surface area contributed by atoms with Crippen molar-refractivity contribution in [3.05, 3.63) is 35.9 Å². The van der Waals surface area contributed by atoms with Gasteiger partial charge in [0.15, 0.2) is 5.78 Å². The predicted octanol–water partition coefficient (Wildman–Crippen LogP) is 2.17. The molecule has 0 saturated heterocycles. The molecule has 0 spiro atoms. The van der Waals surface area contributed by atoms with Gasteiger partial charge in [-0.1, -0.05) is 51.1 Å². The molecule has 82 valence electrons. The SMILES string of the molecule is [2H]c1ccccc1C[C@H](N)C(=O)C(C)(C)C. The van der Waals surface area contributed by atoms with Gasteiger partial charge in [0.25, 0.3) is 0 Å². The number of benzene rings is 1. The third-order valence-corrected chi connectivity index (χ3v) is 2.29. The number of hydrogen-bond donors (Lipinski definition) is 1. The van der Waals surface area contributed by atoms with Gasteiger partial charge >= 0.3 is 0 Å². The Hall–Kier alpha value is -1.15. The van der Waals surface area contributed by atoms with E-state index in [9.17, 15) is 4.79 Å². The molecule has 1 aromatic carbocycles. The van der Waals surface area contributed by atoms with Gasteiger partial charge in [-0.15, -0.1) is 0 Å². The molecule has 1 rings (SSSR count). The summed E-state index contributed by atoms with van der Waals surface area (Å²) in [6.07, 6.45) is 0.440. The van der Waals surface area contributed by atoms with Crippen LogP contribution in [0.5, 0.6) is 0 Å². The van der Waals surface area contributed by atoms with E-state index in [0.29, 0.717) is 12.5 Å². The average Bonchev–Trinajstić information content (AvgIpc) is 2.19. The maximum absolute atomic E-state index is 11.9. The molecule has 2 nitrogen and oxygen atoms in total. The lowest BCUT2D eigenvalue weighted by Crippen LogP contribution is -2.40. The van der Waals surface area contributed by atoms with Gasteiger partial charge in [0.1, 0.15) is 0 Å². The van der Waals surface area contributed by atoms with Crippen molar-refractivity contribution in [3.63, 3.8) is 0 Å². The summed E-state index contributed by atoms with van der Waals surface area (Å²) in [5.74, 6) is 0.0377. The van der Waals surface area contributed by atoms with Gasteiger partial charge in [-0.2, -0.15) is 0 Å². The second-order valence-electron chi connectivity index (χ2n) is 4.81. The maximum atomic E-state index is 11.9. The van der Waals surface area contributed by atoms with Crippen molar-refractivity contribution < 1.29 is 6.17 Å². The first-order valence-electron chi connectivity index (χ1n) is 5.67. The number of rotatable bonds is 3. The Morgan fingerprint density at radius 2 is 2.13 bits per heavy atom. The Kier molecular flexibility index (Phi) is 3.17. The quantitative estimate of drug-likeness (QED) is 0.823. The fourth-order valence-corrected chi connectivity index (χ4v) is 1.44. The Bertz CT molecular complexity index is 382. The normalized spacial score (nSPS) is 14.5. The summed E-state index contributed by atoms with van der Waals surface area (Å²) in [5, 5.41) is 0. The molecule has 0 unspecified atom stereocenters. The minimum atomic E-state index is -0.522. The molecule has 1 aromatic rings. The molecule has 1 atom stereocenters. The van der Waals surface area contributed by atoms with Gasteiger partial charge in [-0.05, 0) is 12.0 Å². The molecule has 0 aliphatic heterocycles. The Morgan fingerprint density at radius 3 is 2.67 bits per heavy atom. The molecule has 0 bridgehead atoms. The molecular weight excluding hydrogens is 186 g/mol. The second-order valence-corrected chi connectivity index (χ2v) is 4.81. The van der Waals surface area contributed by atoms with Gasteiger partial charge in [0.05, 0.1) is 7.41 Å². The van der Waals surface area contributed by atoms with Crippen LogP contribution >= 0.6 is 0 Å². The van der Waals surface area contributed by atoms with Crippen LogP contribution in [-0.4, -0.2) is 11.8 Å². The summed E-state index contributed by atoms with van der Waals surface area (Å²) in [7, 11) is 0. The lowest BCUT2D eigenvalue weighted by atomic mass is 9.85. The van der Waals surface area contributed by atoms with E-state index in [2.05, 4.69) is 0 Å². The molecule has 2 heteroatoms. The first-order chi connectivity index (χ1) is 7.32. The van der Waals surface area contributed by atoms with E-state index in [-0.39, 0.29) is 5.78 Å². The minimum Gasteiger partial charge on any atom is -0.321 e. The Balaban J connectivity index is 2.76. The number of ketones is 1. The molecule has 0 heterocycles. The maximum Gasteiger partial charge on any atom is 0.155 e. The van der Waals surface area contributed by atoms with E-state index in [0.717, 1.165) is 5.56 Å². The van der Waals surface area contributed by atoms with Crippen molar-refractivity contribution in [3.8, 4) is 0 Å². The van der Waals surface area contributed by atoms with Crippen LogP contribution in [0.15, 0.2) is 30.3 Å². The monoisotopic (exact) mass is 206 g/mol. The number of Topliss-reactive ketones (excluding diaryl/α,β-unsaturated/α-hetero) is 1. The molecule has 0 aromatic heterocycles. The minimum absolute atomic E-state index is 0.0377. The highest BCUT2D eigenvalue weighted by atomic mass is 16.1. The smallest absolute Gasteiger partial charge is 0.155 e. The van der Waals surface area contributed by atoms with Crippen molar-refractivity contribution in [2.45, 2.75) is 33.2 Å². The van der Waals surface area contributed by atoms with Crippen molar-refractivity contribution >= 4 is 5.78 Å². The van der Waals surface area contributed by atoms with Gasteiger partial charge in [0, 0.05) is 5.41 Å². The molecule has 0 aliphatic rings. The fraction of sp³-hybridized carbons (Fsp3) is 0.462. The molecule has 0 fully saturated rings. The second kappa shape index (κ2) is 4.58. The molecule has 0 amide bonds.